The molecular formula is C9H7BrClF2N. The van der Waals surface area contributed by atoms with Gasteiger partial charge in [-0.1, -0.05) is 27.5 Å². The highest BCUT2D eigenvalue weighted by Crippen LogP contribution is 2.59. The van der Waals surface area contributed by atoms with Gasteiger partial charge in [-0.05, 0) is 23.8 Å². The van der Waals surface area contributed by atoms with Crippen LogP contribution in [0.2, 0.25) is 5.02 Å². The molecule has 0 bridgehead atoms. The Kier molecular flexibility index (Phi) is 2.14. The summed E-state index contributed by atoms with van der Waals surface area (Å²) < 4.78 is 26.5. The van der Waals surface area contributed by atoms with E-state index in [1.807, 2.05) is 0 Å². The molecule has 1 nitrogen and oxygen atoms in total. The van der Waals surface area contributed by atoms with E-state index in [4.69, 9.17) is 17.3 Å². The molecule has 1 fully saturated rings. The van der Waals surface area contributed by atoms with Gasteiger partial charge in [0.25, 0.3) is 5.92 Å². The minimum absolute atomic E-state index is 0.320. The lowest BCUT2D eigenvalue weighted by molar-refractivity contribution is 0.0889. The van der Waals surface area contributed by atoms with Crippen molar-refractivity contribution in [1.29, 1.82) is 0 Å². The monoisotopic (exact) mass is 281 g/mol. The molecule has 1 saturated carbocycles. The van der Waals surface area contributed by atoms with Gasteiger partial charge in [0, 0.05) is 15.9 Å². The van der Waals surface area contributed by atoms with Crippen LogP contribution >= 0.6 is 27.5 Å². The van der Waals surface area contributed by atoms with Gasteiger partial charge in [-0.2, -0.15) is 0 Å². The van der Waals surface area contributed by atoms with E-state index >= 15 is 0 Å². The Morgan fingerprint density at radius 1 is 1.43 bits per heavy atom. The predicted octanol–water partition coefficient (Wildman–Crippen LogP) is 3.30. The summed E-state index contributed by atoms with van der Waals surface area (Å²) in [4.78, 5) is 0. The summed E-state index contributed by atoms with van der Waals surface area (Å²) in [5, 5.41) is 0.413. The van der Waals surface area contributed by atoms with Crippen molar-refractivity contribution in [3.05, 3.63) is 33.3 Å². The van der Waals surface area contributed by atoms with Crippen LogP contribution in [0.5, 0.6) is 0 Å². The summed E-state index contributed by atoms with van der Waals surface area (Å²) in [5.41, 5.74) is 4.40. The van der Waals surface area contributed by atoms with Crippen LogP contribution in [-0.2, 0) is 5.54 Å². The van der Waals surface area contributed by atoms with E-state index in [9.17, 15) is 8.78 Å². The van der Waals surface area contributed by atoms with E-state index in [1.165, 1.54) is 6.07 Å². The van der Waals surface area contributed by atoms with Gasteiger partial charge in [0.2, 0.25) is 0 Å². The third kappa shape index (κ3) is 1.36. The molecule has 1 unspecified atom stereocenters. The summed E-state index contributed by atoms with van der Waals surface area (Å²) in [6.07, 6.45) is -0.320. The Labute approximate surface area is 93.4 Å². The van der Waals surface area contributed by atoms with Crippen molar-refractivity contribution in [2.45, 2.75) is 17.9 Å². The predicted molar refractivity (Wildman–Crippen MR) is 54.6 cm³/mol. The molecule has 1 aromatic rings. The molecule has 0 aliphatic heterocycles. The number of halogens is 4. The van der Waals surface area contributed by atoms with Crippen LogP contribution in [0.25, 0.3) is 0 Å². The first-order chi connectivity index (χ1) is 6.37. The topological polar surface area (TPSA) is 26.0 Å². The van der Waals surface area contributed by atoms with Gasteiger partial charge in [-0.15, -0.1) is 0 Å². The lowest BCUT2D eigenvalue weighted by atomic mass is 10.1. The van der Waals surface area contributed by atoms with E-state index in [1.54, 1.807) is 12.1 Å². The second-order valence-electron chi connectivity index (χ2n) is 3.48. The highest BCUT2D eigenvalue weighted by Gasteiger charge is 2.70. The van der Waals surface area contributed by atoms with Crippen molar-refractivity contribution in [2.24, 2.45) is 5.73 Å². The second-order valence-corrected chi connectivity index (χ2v) is 4.77. The second kappa shape index (κ2) is 2.90. The summed E-state index contributed by atoms with van der Waals surface area (Å²) >= 11 is 8.91. The molecule has 1 aliphatic rings. The molecule has 0 aromatic heterocycles. The smallest absolute Gasteiger partial charge is 0.272 e. The van der Waals surface area contributed by atoms with Crippen LogP contribution in [0, 0.1) is 0 Å². The molecule has 0 saturated heterocycles. The number of rotatable bonds is 1. The van der Waals surface area contributed by atoms with Crippen molar-refractivity contribution in [1.82, 2.24) is 0 Å². The molecule has 0 amide bonds. The Morgan fingerprint density at radius 3 is 2.50 bits per heavy atom. The SMILES string of the molecule is NC1(c2cc(Cl)ccc2Br)CC1(F)F. The zero-order valence-corrected chi connectivity index (χ0v) is 9.37. The first-order valence-corrected chi connectivity index (χ1v) is 5.16. The first-order valence-electron chi connectivity index (χ1n) is 3.99. The van der Waals surface area contributed by atoms with Gasteiger partial charge >= 0.3 is 0 Å². The molecule has 1 aliphatic carbocycles. The van der Waals surface area contributed by atoms with Crippen molar-refractivity contribution >= 4 is 27.5 Å². The van der Waals surface area contributed by atoms with Crippen LogP contribution in [0.4, 0.5) is 8.78 Å². The number of nitrogens with two attached hydrogens (primary N) is 1. The summed E-state index contributed by atoms with van der Waals surface area (Å²) in [6.45, 7) is 0. The van der Waals surface area contributed by atoms with Crippen LogP contribution in [0.3, 0.4) is 0 Å². The number of alkyl halides is 2. The largest absolute Gasteiger partial charge is 0.316 e. The molecule has 1 aromatic carbocycles. The maximum absolute atomic E-state index is 13.0. The minimum Gasteiger partial charge on any atom is -0.316 e. The van der Waals surface area contributed by atoms with Crippen molar-refractivity contribution in [3.8, 4) is 0 Å². The third-order valence-electron chi connectivity index (χ3n) is 2.44. The lowest BCUT2D eigenvalue weighted by Crippen LogP contribution is -2.27. The van der Waals surface area contributed by atoms with Crippen molar-refractivity contribution < 1.29 is 8.78 Å². The normalized spacial score (nSPS) is 28.9. The molecule has 0 spiro atoms. The molecule has 2 N–H and O–H groups in total. The van der Waals surface area contributed by atoms with E-state index in [-0.39, 0.29) is 6.42 Å². The fraction of sp³-hybridized carbons (Fsp3) is 0.333. The molecule has 5 heteroatoms. The average Bonchev–Trinajstić information content (AvgIpc) is 2.58. The Hall–Kier alpha value is -0.190. The van der Waals surface area contributed by atoms with E-state index < -0.39 is 11.5 Å². The van der Waals surface area contributed by atoms with Crippen LogP contribution in [-0.4, -0.2) is 5.92 Å². The fourth-order valence-electron chi connectivity index (χ4n) is 1.44. The summed E-state index contributed by atoms with van der Waals surface area (Å²) in [6, 6.07) is 4.73. The highest BCUT2D eigenvalue weighted by molar-refractivity contribution is 9.10. The van der Waals surface area contributed by atoms with Crippen molar-refractivity contribution in [2.75, 3.05) is 0 Å². The molecule has 76 valence electrons. The number of hydrogen-bond acceptors (Lipinski definition) is 1. The molecule has 1 atom stereocenters. The zero-order chi connectivity index (χ0) is 10.6. The van der Waals surface area contributed by atoms with Gasteiger partial charge in [-0.3, -0.25) is 0 Å². The average molecular weight is 283 g/mol. The highest BCUT2D eigenvalue weighted by atomic mass is 79.9. The maximum atomic E-state index is 13.0. The number of benzene rings is 1. The first kappa shape index (κ1) is 10.3. The number of hydrogen-bond donors (Lipinski definition) is 1. The summed E-state index contributed by atoms with van der Waals surface area (Å²) in [7, 11) is 0. The van der Waals surface area contributed by atoms with Crippen LogP contribution in [0.1, 0.15) is 12.0 Å². The Bertz CT molecular complexity index is 396. The van der Waals surface area contributed by atoms with E-state index in [2.05, 4.69) is 15.9 Å². The standard InChI is InChI=1S/C9H7BrClF2N/c10-7-2-1-5(11)3-6(7)8(14)4-9(8,12)13/h1-3H,4,14H2. The Morgan fingerprint density at radius 2 is 2.00 bits per heavy atom. The molecular weight excluding hydrogens is 275 g/mol. The van der Waals surface area contributed by atoms with E-state index in [0.29, 0.717) is 15.1 Å². The lowest BCUT2D eigenvalue weighted by Gasteiger charge is -2.13. The van der Waals surface area contributed by atoms with E-state index in [0.717, 1.165) is 0 Å². The molecule has 0 radical (unpaired) electrons. The van der Waals surface area contributed by atoms with Gasteiger partial charge < -0.3 is 5.73 Å². The van der Waals surface area contributed by atoms with Gasteiger partial charge in [0.05, 0.1) is 0 Å². The molecule has 14 heavy (non-hydrogen) atoms. The Balaban J connectivity index is 2.48. The zero-order valence-electron chi connectivity index (χ0n) is 7.03. The van der Waals surface area contributed by atoms with Gasteiger partial charge in [0.15, 0.2) is 0 Å². The molecule has 2 rings (SSSR count). The fourth-order valence-corrected chi connectivity index (χ4v) is 2.21. The molecule has 0 heterocycles. The van der Waals surface area contributed by atoms with Crippen molar-refractivity contribution in [3.63, 3.8) is 0 Å². The van der Waals surface area contributed by atoms with Crippen LogP contribution < -0.4 is 5.73 Å². The van der Waals surface area contributed by atoms with Crippen LogP contribution in [0.15, 0.2) is 22.7 Å². The van der Waals surface area contributed by atoms with Gasteiger partial charge in [0.1, 0.15) is 5.54 Å². The minimum atomic E-state index is -2.82. The third-order valence-corrected chi connectivity index (χ3v) is 3.36. The quantitative estimate of drug-likeness (QED) is 0.840. The summed E-state index contributed by atoms with van der Waals surface area (Å²) in [5.74, 6) is -2.82. The maximum Gasteiger partial charge on any atom is 0.272 e. The van der Waals surface area contributed by atoms with Gasteiger partial charge in [-0.25, -0.2) is 8.78 Å².